The van der Waals surface area contributed by atoms with E-state index in [1.165, 1.54) is 0 Å². The molecule has 0 bridgehead atoms. The fourth-order valence-electron chi connectivity index (χ4n) is 2.05. The van der Waals surface area contributed by atoms with Gasteiger partial charge in [-0.1, -0.05) is 5.16 Å². The average Bonchev–Trinajstić information content (AvgIpc) is 2.57. The first-order valence-electron chi connectivity index (χ1n) is 6.36. The third-order valence-electron chi connectivity index (χ3n) is 3.11. The highest BCUT2D eigenvalue weighted by molar-refractivity contribution is 5.94. The Balaban J connectivity index is 1.95. The van der Waals surface area contributed by atoms with Crippen LogP contribution in [0.3, 0.4) is 0 Å². The Labute approximate surface area is 111 Å². The minimum absolute atomic E-state index is 0.133. The van der Waals surface area contributed by atoms with Crippen molar-refractivity contribution in [2.24, 2.45) is 0 Å². The van der Waals surface area contributed by atoms with Crippen LogP contribution in [0.15, 0.2) is 4.52 Å². The van der Waals surface area contributed by atoms with Crippen LogP contribution < -0.4 is 16.0 Å². The normalized spacial score (nSPS) is 19.5. The Bertz CT molecular complexity index is 464. The van der Waals surface area contributed by atoms with E-state index in [0.29, 0.717) is 30.1 Å². The van der Waals surface area contributed by atoms with Crippen molar-refractivity contribution in [3.8, 4) is 0 Å². The Morgan fingerprint density at radius 3 is 2.89 bits per heavy atom. The van der Waals surface area contributed by atoms with Crippen LogP contribution >= 0.6 is 0 Å². The molecule has 7 nitrogen and oxygen atoms in total. The van der Waals surface area contributed by atoms with Crippen LogP contribution in [0.4, 0.5) is 10.5 Å². The summed E-state index contributed by atoms with van der Waals surface area (Å²) in [4.78, 5) is 23.6. The van der Waals surface area contributed by atoms with Crippen LogP contribution in [0, 0.1) is 13.8 Å². The Kier molecular flexibility index (Phi) is 4.03. The number of nitrogens with zero attached hydrogens (tertiary/aromatic N) is 1. The Hall–Kier alpha value is -2.05. The second-order valence-electron chi connectivity index (χ2n) is 4.64. The van der Waals surface area contributed by atoms with Crippen LogP contribution in [-0.2, 0) is 4.79 Å². The lowest BCUT2D eigenvalue weighted by Gasteiger charge is -2.15. The van der Waals surface area contributed by atoms with E-state index in [4.69, 9.17) is 4.52 Å². The maximum Gasteiger partial charge on any atom is 0.320 e. The fraction of sp³-hybridized carbons (Fsp3) is 0.583. The number of carbonyl (C=O) groups excluding carboxylic acids is 2. The predicted molar refractivity (Wildman–Crippen MR) is 68.8 cm³/mol. The van der Waals surface area contributed by atoms with E-state index >= 15 is 0 Å². The standard InChI is InChI=1S/C12H18N4O3/c1-7-10(8(2)19-16-7)15-12(18)14-9-5-3-4-6-13-11(9)17/h9H,3-6H2,1-2H3,(H,13,17)(H2,14,15,18). The van der Waals surface area contributed by atoms with Crippen molar-refractivity contribution in [2.45, 2.75) is 39.2 Å². The summed E-state index contributed by atoms with van der Waals surface area (Å²) in [5, 5.41) is 11.8. The monoisotopic (exact) mass is 266 g/mol. The minimum Gasteiger partial charge on any atom is -0.359 e. The van der Waals surface area contributed by atoms with Gasteiger partial charge in [0.25, 0.3) is 0 Å². The molecule has 0 aliphatic carbocycles. The number of urea groups is 1. The summed E-state index contributed by atoms with van der Waals surface area (Å²) in [5.41, 5.74) is 1.16. The fourth-order valence-corrected chi connectivity index (χ4v) is 2.05. The van der Waals surface area contributed by atoms with Crippen LogP contribution in [0.25, 0.3) is 0 Å². The highest BCUT2D eigenvalue weighted by Crippen LogP contribution is 2.18. The van der Waals surface area contributed by atoms with E-state index in [1.807, 2.05) is 0 Å². The van der Waals surface area contributed by atoms with Gasteiger partial charge in [-0.15, -0.1) is 0 Å². The van der Waals surface area contributed by atoms with E-state index in [0.717, 1.165) is 12.8 Å². The molecule has 3 amide bonds. The van der Waals surface area contributed by atoms with Gasteiger partial charge in [-0.05, 0) is 33.1 Å². The van der Waals surface area contributed by atoms with Crippen LogP contribution in [0.5, 0.6) is 0 Å². The molecule has 0 aromatic carbocycles. The molecule has 1 fully saturated rings. The molecule has 1 aliphatic heterocycles. The molecule has 1 saturated heterocycles. The van der Waals surface area contributed by atoms with Gasteiger partial charge in [-0.2, -0.15) is 0 Å². The molecule has 1 aliphatic rings. The summed E-state index contributed by atoms with van der Waals surface area (Å²) in [7, 11) is 0. The first-order valence-corrected chi connectivity index (χ1v) is 6.36. The lowest BCUT2D eigenvalue weighted by atomic mass is 10.1. The summed E-state index contributed by atoms with van der Waals surface area (Å²) >= 11 is 0. The maximum atomic E-state index is 11.9. The minimum atomic E-state index is -0.483. The second-order valence-corrected chi connectivity index (χ2v) is 4.64. The molecule has 1 unspecified atom stereocenters. The zero-order valence-corrected chi connectivity index (χ0v) is 11.1. The van der Waals surface area contributed by atoms with Crippen molar-refractivity contribution in [1.82, 2.24) is 15.8 Å². The molecule has 104 valence electrons. The lowest BCUT2D eigenvalue weighted by Crippen LogP contribution is -2.47. The zero-order chi connectivity index (χ0) is 13.8. The predicted octanol–water partition coefficient (Wildman–Crippen LogP) is 1.08. The highest BCUT2D eigenvalue weighted by atomic mass is 16.5. The summed E-state index contributed by atoms with van der Waals surface area (Å²) < 4.78 is 4.96. The number of rotatable bonds is 2. The van der Waals surface area contributed by atoms with Crippen molar-refractivity contribution in [3.63, 3.8) is 0 Å². The average molecular weight is 266 g/mol. The SMILES string of the molecule is Cc1noc(C)c1NC(=O)NC1CCCCNC1=O. The second kappa shape index (κ2) is 5.73. The van der Waals surface area contributed by atoms with Crippen LogP contribution in [0.1, 0.15) is 30.7 Å². The molecule has 1 atom stereocenters. The number of carbonyl (C=O) groups is 2. The Morgan fingerprint density at radius 1 is 1.42 bits per heavy atom. The molecule has 19 heavy (non-hydrogen) atoms. The third-order valence-corrected chi connectivity index (χ3v) is 3.11. The lowest BCUT2D eigenvalue weighted by molar-refractivity contribution is -0.122. The van der Waals surface area contributed by atoms with Gasteiger partial charge < -0.3 is 20.5 Å². The number of aromatic nitrogens is 1. The number of hydrogen-bond acceptors (Lipinski definition) is 4. The molecule has 0 radical (unpaired) electrons. The van der Waals surface area contributed by atoms with Gasteiger partial charge in [0, 0.05) is 6.54 Å². The van der Waals surface area contributed by atoms with Crippen molar-refractivity contribution in [1.29, 1.82) is 0 Å². The van der Waals surface area contributed by atoms with Crippen molar-refractivity contribution < 1.29 is 14.1 Å². The number of aryl methyl sites for hydroxylation is 2. The Morgan fingerprint density at radius 2 is 2.21 bits per heavy atom. The summed E-state index contributed by atoms with van der Waals surface area (Å²) in [5.74, 6) is 0.407. The molecule has 7 heteroatoms. The molecular formula is C12H18N4O3. The van der Waals surface area contributed by atoms with Crippen LogP contribution in [-0.4, -0.2) is 29.7 Å². The molecule has 0 spiro atoms. The topological polar surface area (TPSA) is 96.3 Å². The molecule has 2 heterocycles. The number of nitrogens with one attached hydrogen (secondary N) is 3. The summed E-state index contributed by atoms with van der Waals surface area (Å²) in [6.07, 6.45) is 2.51. The summed E-state index contributed by atoms with van der Waals surface area (Å²) in [6.45, 7) is 4.13. The highest BCUT2D eigenvalue weighted by Gasteiger charge is 2.23. The van der Waals surface area contributed by atoms with Crippen molar-refractivity contribution >= 4 is 17.6 Å². The maximum absolute atomic E-state index is 11.9. The van der Waals surface area contributed by atoms with E-state index < -0.39 is 12.1 Å². The molecular weight excluding hydrogens is 248 g/mol. The van der Waals surface area contributed by atoms with E-state index in [2.05, 4.69) is 21.1 Å². The van der Waals surface area contributed by atoms with Crippen molar-refractivity contribution in [3.05, 3.63) is 11.5 Å². The zero-order valence-electron chi connectivity index (χ0n) is 11.1. The molecule has 1 aromatic heterocycles. The van der Waals surface area contributed by atoms with E-state index in [9.17, 15) is 9.59 Å². The van der Waals surface area contributed by atoms with Gasteiger partial charge in [0.2, 0.25) is 5.91 Å². The number of hydrogen-bond donors (Lipinski definition) is 3. The summed E-state index contributed by atoms with van der Waals surface area (Å²) in [6, 6.07) is -0.903. The number of amides is 3. The van der Waals surface area contributed by atoms with Gasteiger partial charge in [0.05, 0.1) is 0 Å². The third kappa shape index (κ3) is 3.24. The van der Waals surface area contributed by atoms with Gasteiger partial charge in [0.15, 0.2) is 5.76 Å². The van der Waals surface area contributed by atoms with Gasteiger partial charge in [0.1, 0.15) is 17.4 Å². The molecule has 1 aromatic rings. The number of anilines is 1. The quantitative estimate of drug-likeness (QED) is 0.746. The smallest absolute Gasteiger partial charge is 0.320 e. The molecule has 3 N–H and O–H groups in total. The first-order chi connectivity index (χ1) is 9.08. The van der Waals surface area contributed by atoms with E-state index in [-0.39, 0.29) is 5.91 Å². The largest absolute Gasteiger partial charge is 0.359 e. The van der Waals surface area contributed by atoms with Gasteiger partial charge >= 0.3 is 6.03 Å². The van der Waals surface area contributed by atoms with Crippen LogP contribution in [0.2, 0.25) is 0 Å². The van der Waals surface area contributed by atoms with E-state index in [1.54, 1.807) is 13.8 Å². The van der Waals surface area contributed by atoms with Gasteiger partial charge in [-0.25, -0.2) is 4.79 Å². The molecule has 0 saturated carbocycles. The van der Waals surface area contributed by atoms with Crippen molar-refractivity contribution in [2.75, 3.05) is 11.9 Å². The first kappa shape index (κ1) is 13.4. The van der Waals surface area contributed by atoms with Gasteiger partial charge in [-0.3, -0.25) is 4.79 Å². The molecule has 2 rings (SSSR count).